The number of aryl methyl sites for hydroxylation is 1. The van der Waals surface area contributed by atoms with Crippen LogP contribution in [0.2, 0.25) is 0 Å². The van der Waals surface area contributed by atoms with Crippen LogP contribution in [-0.4, -0.2) is 9.59 Å². The fourth-order valence-corrected chi connectivity index (χ4v) is 1.97. The summed E-state index contributed by atoms with van der Waals surface area (Å²) in [5, 5.41) is 3.99. The summed E-state index contributed by atoms with van der Waals surface area (Å²) in [6, 6.07) is 0. The van der Waals surface area contributed by atoms with Crippen LogP contribution in [0, 0.1) is 6.92 Å². The van der Waals surface area contributed by atoms with Crippen LogP contribution < -0.4 is 0 Å². The van der Waals surface area contributed by atoms with Gasteiger partial charge in [0.15, 0.2) is 0 Å². The smallest absolute Gasteiger partial charge is 0.0759 e. The van der Waals surface area contributed by atoms with E-state index in [2.05, 4.69) is 23.4 Å². The summed E-state index contributed by atoms with van der Waals surface area (Å²) in [7, 11) is 0. The molecule has 1 unspecified atom stereocenters. The third kappa shape index (κ3) is 1.99. The number of aromatic nitrogens is 2. The highest BCUT2D eigenvalue weighted by atomic mass is 32.1. The molecule has 0 amide bonds. The molecule has 0 saturated carbocycles. The summed E-state index contributed by atoms with van der Waals surface area (Å²) < 4.78 is 3.92. The molecule has 11 heavy (non-hydrogen) atoms. The van der Waals surface area contributed by atoms with Crippen molar-refractivity contribution in [2.24, 2.45) is 0 Å². The van der Waals surface area contributed by atoms with Crippen LogP contribution in [0.5, 0.6) is 0 Å². The molecule has 0 aromatic carbocycles. The molecular weight excluding hydrogens is 156 g/mol. The maximum Gasteiger partial charge on any atom is 0.0759 e. The lowest BCUT2D eigenvalue weighted by Crippen LogP contribution is -1.91. The van der Waals surface area contributed by atoms with E-state index >= 15 is 0 Å². The molecule has 1 atom stereocenters. The Bertz CT molecular complexity index is 220. The Labute approximate surface area is 71.8 Å². The number of rotatable bonds is 3. The Morgan fingerprint density at radius 3 is 2.73 bits per heavy atom. The molecule has 1 aromatic rings. The first kappa shape index (κ1) is 8.65. The predicted molar refractivity (Wildman–Crippen MR) is 48.0 cm³/mol. The minimum Gasteiger partial charge on any atom is -0.143 e. The van der Waals surface area contributed by atoms with Crippen LogP contribution in [0.1, 0.15) is 43.2 Å². The van der Waals surface area contributed by atoms with Gasteiger partial charge in [0, 0.05) is 0 Å². The first-order valence-electron chi connectivity index (χ1n) is 4.04. The van der Waals surface area contributed by atoms with Crippen molar-refractivity contribution in [3.8, 4) is 0 Å². The molecule has 0 aliphatic heterocycles. The maximum absolute atomic E-state index is 3.99. The predicted octanol–water partition coefficient (Wildman–Crippen LogP) is 2.75. The Hall–Kier alpha value is -0.440. The fraction of sp³-hybridized carbons (Fsp3) is 0.750. The van der Waals surface area contributed by atoms with Gasteiger partial charge in [-0.1, -0.05) is 24.8 Å². The van der Waals surface area contributed by atoms with Gasteiger partial charge in [-0.25, -0.2) is 0 Å². The van der Waals surface area contributed by atoms with Crippen LogP contribution >= 0.6 is 11.5 Å². The molecule has 0 radical (unpaired) electrons. The van der Waals surface area contributed by atoms with E-state index in [-0.39, 0.29) is 0 Å². The minimum absolute atomic E-state index is 0.639. The lowest BCUT2D eigenvalue weighted by Gasteiger charge is -2.05. The Morgan fingerprint density at radius 1 is 1.55 bits per heavy atom. The van der Waals surface area contributed by atoms with E-state index in [1.165, 1.54) is 29.3 Å². The lowest BCUT2D eigenvalue weighted by atomic mass is 10.0. The monoisotopic (exact) mass is 170 g/mol. The van der Waals surface area contributed by atoms with Crippen LogP contribution in [0.25, 0.3) is 0 Å². The van der Waals surface area contributed by atoms with E-state index in [0.717, 1.165) is 5.69 Å². The molecule has 62 valence electrons. The lowest BCUT2D eigenvalue weighted by molar-refractivity contribution is 0.670. The molecule has 0 aliphatic carbocycles. The summed E-state index contributed by atoms with van der Waals surface area (Å²) in [5.41, 5.74) is 1.11. The molecule has 2 nitrogen and oxygen atoms in total. The zero-order chi connectivity index (χ0) is 8.27. The molecule has 0 spiro atoms. The number of hydrogen-bond acceptors (Lipinski definition) is 3. The highest BCUT2D eigenvalue weighted by Crippen LogP contribution is 2.25. The van der Waals surface area contributed by atoms with Crippen molar-refractivity contribution in [2.45, 2.75) is 39.5 Å². The van der Waals surface area contributed by atoms with Gasteiger partial charge in [0.25, 0.3) is 0 Å². The summed E-state index contributed by atoms with van der Waals surface area (Å²) >= 11 is 1.54. The van der Waals surface area contributed by atoms with Gasteiger partial charge in [-0.15, -0.1) is 5.10 Å². The van der Waals surface area contributed by atoms with Crippen molar-refractivity contribution in [3.63, 3.8) is 0 Å². The molecular formula is C8H14N2S. The third-order valence-corrected chi connectivity index (χ3v) is 2.91. The quantitative estimate of drug-likeness (QED) is 0.697. The van der Waals surface area contributed by atoms with E-state index in [1.54, 1.807) is 0 Å². The average Bonchev–Trinajstić information content (AvgIpc) is 2.36. The zero-order valence-electron chi connectivity index (χ0n) is 7.29. The summed E-state index contributed by atoms with van der Waals surface area (Å²) in [6.45, 7) is 6.48. The van der Waals surface area contributed by atoms with E-state index in [0.29, 0.717) is 5.92 Å². The highest BCUT2D eigenvalue weighted by Gasteiger charge is 2.10. The van der Waals surface area contributed by atoms with E-state index < -0.39 is 0 Å². The van der Waals surface area contributed by atoms with Gasteiger partial charge in [0.1, 0.15) is 0 Å². The standard InChI is InChI=1S/C8H14N2S/c1-4-5-6(2)8-7(3)9-10-11-8/h6H,4-5H2,1-3H3. The van der Waals surface area contributed by atoms with Crippen molar-refractivity contribution in [2.75, 3.05) is 0 Å². The SMILES string of the molecule is CCCC(C)c1snnc1C. The van der Waals surface area contributed by atoms with E-state index in [9.17, 15) is 0 Å². The van der Waals surface area contributed by atoms with Crippen molar-refractivity contribution in [3.05, 3.63) is 10.6 Å². The van der Waals surface area contributed by atoms with Crippen molar-refractivity contribution < 1.29 is 0 Å². The number of nitrogens with zero attached hydrogens (tertiary/aromatic N) is 2. The second-order valence-electron chi connectivity index (χ2n) is 2.91. The van der Waals surface area contributed by atoms with E-state index in [4.69, 9.17) is 0 Å². The second kappa shape index (κ2) is 3.81. The Kier molecular flexibility index (Phi) is 3.00. The van der Waals surface area contributed by atoms with Gasteiger partial charge in [0.2, 0.25) is 0 Å². The van der Waals surface area contributed by atoms with Crippen molar-refractivity contribution in [1.82, 2.24) is 9.59 Å². The van der Waals surface area contributed by atoms with Crippen LogP contribution in [0.4, 0.5) is 0 Å². The first-order chi connectivity index (χ1) is 5.25. The van der Waals surface area contributed by atoms with Crippen LogP contribution in [0.15, 0.2) is 0 Å². The fourth-order valence-electron chi connectivity index (χ4n) is 1.25. The molecule has 0 aliphatic rings. The average molecular weight is 170 g/mol. The Morgan fingerprint density at radius 2 is 2.27 bits per heavy atom. The molecule has 0 N–H and O–H groups in total. The third-order valence-electron chi connectivity index (χ3n) is 1.86. The topological polar surface area (TPSA) is 25.8 Å². The molecule has 1 heterocycles. The van der Waals surface area contributed by atoms with Crippen LogP contribution in [-0.2, 0) is 0 Å². The normalized spacial score (nSPS) is 13.4. The summed E-state index contributed by atoms with van der Waals surface area (Å²) in [6.07, 6.45) is 2.48. The molecule has 3 heteroatoms. The first-order valence-corrected chi connectivity index (χ1v) is 4.82. The van der Waals surface area contributed by atoms with Crippen molar-refractivity contribution >= 4 is 11.5 Å². The van der Waals surface area contributed by atoms with Gasteiger partial charge >= 0.3 is 0 Å². The molecule has 1 aromatic heterocycles. The van der Waals surface area contributed by atoms with Crippen molar-refractivity contribution in [1.29, 1.82) is 0 Å². The zero-order valence-corrected chi connectivity index (χ0v) is 8.11. The highest BCUT2D eigenvalue weighted by molar-refractivity contribution is 7.05. The minimum atomic E-state index is 0.639. The second-order valence-corrected chi connectivity index (χ2v) is 3.70. The summed E-state index contributed by atoms with van der Waals surface area (Å²) in [5.74, 6) is 0.639. The largest absolute Gasteiger partial charge is 0.143 e. The van der Waals surface area contributed by atoms with Gasteiger partial charge in [0.05, 0.1) is 10.6 Å². The molecule has 0 fully saturated rings. The van der Waals surface area contributed by atoms with Gasteiger partial charge in [-0.3, -0.25) is 0 Å². The van der Waals surface area contributed by atoms with E-state index in [1.807, 2.05) is 6.92 Å². The van der Waals surface area contributed by atoms with Crippen LogP contribution in [0.3, 0.4) is 0 Å². The van der Waals surface area contributed by atoms with Gasteiger partial charge in [-0.05, 0) is 30.8 Å². The molecule has 0 saturated heterocycles. The maximum atomic E-state index is 3.99. The Balaban J connectivity index is 2.67. The summed E-state index contributed by atoms with van der Waals surface area (Å²) in [4.78, 5) is 1.35. The number of hydrogen-bond donors (Lipinski definition) is 0. The molecule has 1 rings (SSSR count). The van der Waals surface area contributed by atoms with Gasteiger partial charge in [-0.2, -0.15) is 0 Å². The molecule has 0 bridgehead atoms. The van der Waals surface area contributed by atoms with Gasteiger partial charge < -0.3 is 0 Å².